The van der Waals surface area contributed by atoms with E-state index in [0.29, 0.717) is 16.7 Å². The number of aromatic carboxylic acids is 1. The number of carbonyl (C=O) groups is 1. The molecule has 0 aliphatic heterocycles. The summed E-state index contributed by atoms with van der Waals surface area (Å²) in [5.41, 5.74) is 0.0584. The minimum absolute atomic E-state index is 0.0584. The van der Waals surface area contributed by atoms with E-state index >= 15 is 0 Å². The molecule has 0 spiro atoms. The summed E-state index contributed by atoms with van der Waals surface area (Å²) in [4.78, 5) is 12.1. The average Bonchev–Trinajstić information content (AvgIpc) is 2.26. The number of methoxy groups -OCH3 is 2. The van der Waals surface area contributed by atoms with Gasteiger partial charge in [-0.2, -0.15) is 0 Å². The Morgan fingerprint density at radius 3 is 2.00 bits per heavy atom. The maximum atomic E-state index is 11.1. The Bertz CT molecular complexity index is 390. The Labute approximate surface area is 105 Å². The molecule has 0 radical (unpaired) electrons. The predicted molar refractivity (Wildman–Crippen MR) is 67.5 cm³/mol. The van der Waals surface area contributed by atoms with E-state index < -0.39 is 5.97 Å². The van der Waals surface area contributed by atoms with Crippen LogP contribution in [0.2, 0.25) is 0 Å². The van der Waals surface area contributed by atoms with Gasteiger partial charge in [0.05, 0.1) is 14.2 Å². The highest BCUT2D eigenvalue weighted by Gasteiger charge is 2.19. The maximum absolute atomic E-state index is 11.1. The van der Waals surface area contributed by atoms with Gasteiger partial charge in [0.1, 0.15) is 17.1 Å². The molecule has 1 N–H and O–H groups in total. The molecule has 0 aliphatic carbocycles. The van der Waals surface area contributed by atoms with Crippen LogP contribution < -0.4 is 9.47 Å². The summed E-state index contributed by atoms with van der Waals surface area (Å²) < 4.78 is 10.2. The molecule has 17 heavy (non-hydrogen) atoms. The zero-order valence-corrected chi connectivity index (χ0v) is 11.1. The summed E-state index contributed by atoms with van der Waals surface area (Å²) in [6, 6.07) is 3.44. The molecule has 4 nitrogen and oxygen atoms in total. The van der Waals surface area contributed by atoms with E-state index in [1.807, 2.05) is 0 Å². The molecule has 0 heterocycles. The lowest BCUT2D eigenvalue weighted by molar-refractivity contribution is 0.0689. The highest BCUT2D eigenvalue weighted by Crippen LogP contribution is 2.35. The lowest BCUT2D eigenvalue weighted by Gasteiger charge is -2.13. The van der Waals surface area contributed by atoms with E-state index in [-0.39, 0.29) is 5.56 Å². The Hall–Kier alpha value is -1.36. The molecule has 94 valence electrons. The minimum atomic E-state index is -1.06. The van der Waals surface area contributed by atoms with Crippen molar-refractivity contribution in [3.05, 3.63) is 17.7 Å². The number of hydrogen-bond acceptors (Lipinski definition) is 4. The molecule has 0 bridgehead atoms. The van der Waals surface area contributed by atoms with E-state index in [1.165, 1.54) is 14.2 Å². The van der Waals surface area contributed by atoms with Crippen LogP contribution in [0.15, 0.2) is 17.0 Å². The second kappa shape index (κ2) is 5.82. The Balaban J connectivity index is 3.28. The van der Waals surface area contributed by atoms with Crippen molar-refractivity contribution in [2.45, 2.75) is 24.0 Å². The SMILES string of the molecule is COc1cc(SC(C)C)cc(OC)c1C(=O)O. The van der Waals surface area contributed by atoms with Crippen LogP contribution in [-0.2, 0) is 0 Å². The van der Waals surface area contributed by atoms with E-state index in [4.69, 9.17) is 14.6 Å². The summed E-state index contributed by atoms with van der Waals surface area (Å²) in [5, 5.41) is 9.52. The van der Waals surface area contributed by atoms with Crippen LogP contribution in [-0.4, -0.2) is 30.5 Å². The fourth-order valence-corrected chi connectivity index (χ4v) is 2.33. The molecule has 0 atom stereocenters. The molecule has 0 amide bonds. The van der Waals surface area contributed by atoms with E-state index in [1.54, 1.807) is 23.9 Å². The molecule has 1 aromatic rings. The van der Waals surface area contributed by atoms with Crippen molar-refractivity contribution < 1.29 is 19.4 Å². The van der Waals surface area contributed by atoms with Crippen molar-refractivity contribution in [1.82, 2.24) is 0 Å². The van der Waals surface area contributed by atoms with Gasteiger partial charge in [-0.05, 0) is 12.1 Å². The zero-order valence-electron chi connectivity index (χ0n) is 10.3. The monoisotopic (exact) mass is 256 g/mol. The normalized spacial score (nSPS) is 10.4. The average molecular weight is 256 g/mol. The molecule has 0 aliphatic rings. The van der Waals surface area contributed by atoms with Crippen LogP contribution >= 0.6 is 11.8 Å². The molecule has 1 aromatic carbocycles. The molecule has 0 saturated carbocycles. The largest absolute Gasteiger partial charge is 0.496 e. The second-order valence-electron chi connectivity index (χ2n) is 3.67. The minimum Gasteiger partial charge on any atom is -0.496 e. The van der Waals surface area contributed by atoms with Gasteiger partial charge in [-0.15, -0.1) is 11.8 Å². The third-order valence-electron chi connectivity index (χ3n) is 2.06. The van der Waals surface area contributed by atoms with Crippen molar-refractivity contribution >= 4 is 17.7 Å². The van der Waals surface area contributed by atoms with Gasteiger partial charge in [0, 0.05) is 10.1 Å². The van der Waals surface area contributed by atoms with Crippen molar-refractivity contribution in [2.24, 2.45) is 0 Å². The van der Waals surface area contributed by atoms with Gasteiger partial charge in [0.15, 0.2) is 0 Å². The molecular formula is C12H16O4S. The number of rotatable bonds is 5. The summed E-state index contributed by atoms with van der Waals surface area (Å²) in [6.45, 7) is 4.13. The molecule has 1 rings (SSSR count). The first-order valence-corrected chi connectivity index (χ1v) is 6.03. The van der Waals surface area contributed by atoms with E-state index in [0.717, 1.165) is 4.90 Å². The van der Waals surface area contributed by atoms with Gasteiger partial charge < -0.3 is 14.6 Å². The smallest absolute Gasteiger partial charge is 0.343 e. The third kappa shape index (κ3) is 3.30. The number of benzene rings is 1. The van der Waals surface area contributed by atoms with Crippen molar-refractivity contribution in [3.63, 3.8) is 0 Å². The highest BCUT2D eigenvalue weighted by molar-refractivity contribution is 7.99. The molecular weight excluding hydrogens is 240 g/mol. The molecule has 0 aromatic heterocycles. The van der Waals surface area contributed by atoms with Gasteiger partial charge >= 0.3 is 5.97 Å². The third-order valence-corrected chi connectivity index (χ3v) is 3.04. The standard InChI is InChI=1S/C12H16O4S/c1-7(2)17-8-5-9(15-3)11(12(13)14)10(6-8)16-4/h5-7H,1-4H3,(H,13,14). The van der Waals surface area contributed by atoms with Crippen LogP contribution in [0.5, 0.6) is 11.5 Å². The zero-order chi connectivity index (χ0) is 13.0. The Morgan fingerprint density at radius 2 is 1.71 bits per heavy atom. The molecule has 0 unspecified atom stereocenters. The second-order valence-corrected chi connectivity index (χ2v) is 5.32. The Kier molecular flexibility index (Phi) is 4.69. The van der Waals surface area contributed by atoms with Gasteiger partial charge in [0.2, 0.25) is 0 Å². The number of ether oxygens (including phenoxy) is 2. The predicted octanol–water partition coefficient (Wildman–Crippen LogP) is 2.90. The maximum Gasteiger partial charge on any atom is 0.343 e. The Morgan fingerprint density at radius 1 is 1.24 bits per heavy atom. The van der Waals surface area contributed by atoms with Crippen LogP contribution in [0.1, 0.15) is 24.2 Å². The fourth-order valence-electron chi connectivity index (χ4n) is 1.44. The lowest BCUT2D eigenvalue weighted by atomic mass is 10.2. The van der Waals surface area contributed by atoms with Gasteiger partial charge in [-0.25, -0.2) is 4.79 Å². The quantitative estimate of drug-likeness (QED) is 0.821. The summed E-state index contributed by atoms with van der Waals surface area (Å²) in [7, 11) is 2.90. The fraction of sp³-hybridized carbons (Fsp3) is 0.417. The number of thioether (sulfide) groups is 1. The van der Waals surface area contributed by atoms with Crippen molar-refractivity contribution in [2.75, 3.05) is 14.2 Å². The molecule has 0 fully saturated rings. The number of carboxylic acids is 1. The van der Waals surface area contributed by atoms with Crippen LogP contribution in [0.3, 0.4) is 0 Å². The summed E-state index contributed by atoms with van der Waals surface area (Å²) in [6.07, 6.45) is 0. The highest BCUT2D eigenvalue weighted by atomic mass is 32.2. The van der Waals surface area contributed by atoms with Gasteiger partial charge in [-0.3, -0.25) is 0 Å². The van der Waals surface area contributed by atoms with E-state index in [9.17, 15) is 4.79 Å². The molecule has 5 heteroatoms. The van der Waals surface area contributed by atoms with Crippen molar-refractivity contribution in [3.8, 4) is 11.5 Å². The number of hydrogen-bond donors (Lipinski definition) is 1. The van der Waals surface area contributed by atoms with Crippen LogP contribution in [0.4, 0.5) is 0 Å². The lowest BCUT2D eigenvalue weighted by Crippen LogP contribution is -2.04. The number of carboxylic acid groups (broad SMARTS) is 1. The first kappa shape index (κ1) is 13.7. The first-order chi connectivity index (χ1) is 7.99. The topological polar surface area (TPSA) is 55.8 Å². The van der Waals surface area contributed by atoms with Crippen LogP contribution in [0.25, 0.3) is 0 Å². The van der Waals surface area contributed by atoms with Crippen molar-refractivity contribution in [1.29, 1.82) is 0 Å². The van der Waals surface area contributed by atoms with Crippen LogP contribution in [0, 0.1) is 0 Å². The summed E-state index contributed by atoms with van der Waals surface area (Å²) in [5.74, 6) is -0.417. The first-order valence-electron chi connectivity index (χ1n) is 5.15. The molecule has 0 saturated heterocycles. The van der Waals surface area contributed by atoms with Gasteiger partial charge in [-0.1, -0.05) is 13.8 Å². The van der Waals surface area contributed by atoms with Gasteiger partial charge in [0.25, 0.3) is 0 Å². The summed E-state index contributed by atoms with van der Waals surface area (Å²) >= 11 is 1.62. The van der Waals surface area contributed by atoms with E-state index in [2.05, 4.69) is 13.8 Å².